The minimum absolute atomic E-state index is 0.130. The van der Waals surface area contributed by atoms with Crippen LogP contribution < -0.4 is 0 Å². The van der Waals surface area contributed by atoms with Gasteiger partial charge in [-0.3, -0.25) is 15.1 Å². The highest BCUT2D eigenvalue weighted by atomic mass is 19.4. The molecule has 0 bridgehead atoms. The first-order valence-electron chi connectivity index (χ1n) is 7.16. The summed E-state index contributed by atoms with van der Waals surface area (Å²) in [5.41, 5.74) is -2.34. The lowest BCUT2D eigenvalue weighted by atomic mass is 10.1. The van der Waals surface area contributed by atoms with Crippen LogP contribution in [0.3, 0.4) is 0 Å². The van der Waals surface area contributed by atoms with Gasteiger partial charge < -0.3 is 14.7 Å². The van der Waals surface area contributed by atoms with Gasteiger partial charge in [-0.1, -0.05) is 5.16 Å². The van der Waals surface area contributed by atoms with Crippen LogP contribution in [0.2, 0.25) is 0 Å². The van der Waals surface area contributed by atoms with Crippen LogP contribution in [-0.4, -0.2) is 30.3 Å². The van der Waals surface area contributed by atoms with Crippen molar-refractivity contribution in [2.45, 2.75) is 13.1 Å². The second-order valence-corrected chi connectivity index (χ2v) is 5.41. The average Bonchev–Trinajstić information content (AvgIpc) is 3.06. The van der Waals surface area contributed by atoms with Gasteiger partial charge in [-0.15, -0.1) is 0 Å². The summed E-state index contributed by atoms with van der Waals surface area (Å²) in [6, 6.07) is 2.58. The molecule has 140 valence electrons. The average molecular weight is 382 g/mol. The molecule has 3 aromatic rings. The molecule has 0 saturated heterocycles. The molecule has 0 aliphatic carbocycles. The van der Waals surface area contributed by atoms with Gasteiger partial charge >= 0.3 is 11.9 Å². The van der Waals surface area contributed by atoms with Crippen LogP contribution in [0.15, 0.2) is 28.9 Å². The van der Waals surface area contributed by atoms with E-state index in [1.54, 1.807) is 0 Å². The van der Waals surface area contributed by atoms with Crippen LogP contribution in [0, 0.1) is 17.0 Å². The van der Waals surface area contributed by atoms with Crippen molar-refractivity contribution in [3.05, 3.63) is 45.8 Å². The van der Waals surface area contributed by atoms with E-state index in [0.29, 0.717) is 0 Å². The first kappa shape index (κ1) is 18.1. The summed E-state index contributed by atoms with van der Waals surface area (Å²) in [5.74, 6) is -2.62. The summed E-state index contributed by atoms with van der Waals surface area (Å²) in [6.45, 7) is 1.39. The fourth-order valence-corrected chi connectivity index (χ4v) is 2.29. The predicted molar refractivity (Wildman–Crippen MR) is 82.7 cm³/mol. The van der Waals surface area contributed by atoms with Gasteiger partial charge in [0.05, 0.1) is 16.1 Å². The number of hydrogen-bond donors (Lipinski definition) is 2. The topological polar surface area (TPSA) is 135 Å². The van der Waals surface area contributed by atoms with Crippen molar-refractivity contribution in [3.63, 3.8) is 0 Å². The van der Waals surface area contributed by atoms with E-state index in [9.17, 15) is 33.5 Å². The van der Waals surface area contributed by atoms with E-state index in [1.165, 1.54) is 6.92 Å². The Balaban J connectivity index is 2.11. The maximum absolute atomic E-state index is 13.2. The van der Waals surface area contributed by atoms with Crippen LogP contribution >= 0.6 is 0 Å². The number of phenolic OH excluding ortho intramolecular Hbond substituents is 2. The first-order valence-corrected chi connectivity index (χ1v) is 7.16. The van der Waals surface area contributed by atoms with Crippen molar-refractivity contribution in [3.8, 4) is 34.3 Å². The highest BCUT2D eigenvalue weighted by Crippen LogP contribution is 2.40. The van der Waals surface area contributed by atoms with Gasteiger partial charge in [-0.05, 0) is 19.1 Å². The summed E-state index contributed by atoms with van der Waals surface area (Å²) in [6.07, 6.45) is -3.78. The van der Waals surface area contributed by atoms with Crippen LogP contribution in [0.1, 0.15) is 11.3 Å². The molecule has 0 spiro atoms. The fraction of sp³-hybridized carbons (Fsp3) is 0.133. The number of phenols is 2. The third-order valence-corrected chi connectivity index (χ3v) is 3.53. The Hall–Kier alpha value is -3.70. The van der Waals surface area contributed by atoms with Gasteiger partial charge in [0.15, 0.2) is 5.75 Å². The molecule has 2 aromatic heterocycles. The summed E-state index contributed by atoms with van der Waals surface area (Å²) in [5, 5.41) is 33.5. The molecule has 0 saturated carbocycles. The number of rotatable bonds is 3. The Kier molecular flexibility index (Phi) is 4.18. The summed E-state index contributed by atoms with van der Waals surface area (Å²) in [7, 11) is 0. The zero-order valence-corrected chi connectivity index (χ0v) is 13.4. The highest BCUT2D eigenvalue weighted by Gasteiger charge is 2.36. The zero-order chi connectivity index (χ0) is 19.9. The standard InChI is InChI=1S/C15H9F3N4O5/c1-6-2-9(15(16,17)18)8(5-19-6)14-20-13(21-27-14)7-3-10(22(25)26)12(24)11(23)4-7/h2-5,23-24H,1H3. The molecule has 2 heterocycles. The molecule has 27 heavy (non-hydrogen) atoms. The summed E-state index contributed by atoms with van der Waals surface area (Å²) < 4.78 is 44.5. The molecular formula is C15H9F3N4O5. The molecule has 0 unspecified atom stereocenters. The second-order valence-electron chi connectivity index (χ2n) is 5.41. The van der Waals surface area contributed by atoms with Crippen LogP contribution in [0.4, 0.5) is 18.9 Å². The Morgan fingerprint density at radius 2 is 1.93 bits per heavy atom. The molecule has 0 fully saturated rings. The molecule has 0 aliphatic rings. The maximum Gasteiger partial charge on any atom is 0.417 e. The SMILES string of the molecule is Cc1cc(C(F)(F)F)c(-c2nc(-c3cc(O)c(O)c([N+](=O)[O-])c3)no2)cn1. The van der Waals surface area contributed by atoms with E-state index in [2.05, 4.69) is 15.1 Å². The Bertz CT molecular complexity index is 1050. The van der Waals surface area contributed by atoms with Crippen molar-refractivity contribution in [2.24, 2.45) is 0 Å². The van der Waals surface area contributed by atoms with Gasteiger partial charge in [-0.25, -0.2) is 0 Å². The molecule has 0 amide bonds. The molecule has 3 rings (SSSR count). The van der Waals surface area contributed by atoms with Crippen molar-refractivity contribution in [1.29, 1.82) is 0 Å². The molecular weight excluding hydrogens is 373 g/mol. The number of aryl methyl sites for hydroxylation is 1. The van der Waals surface area contributed by atoms with Crippen LogP contribution in [0.25, 0.3) is 22.8 Å². The normalized spacial score (nSPS) is 11.6. The lowest BCUT2D eigenvalue weighted by molar-refractivity contribution is -0.385. The number of pyridine rings is 1. The second kappa shape index (κ2) is 6.23. The lowest BCUT2D eigenvalue weighted by Gasteiger charge is -2.10. The van der Waals surface area contributed by atoms with Gasteiger partial charge in [0.2, 0.25) is 11.6 Å². The number of hydrogen-bond acceptors (Lipinski definition) is 8. The number of alkyl halides is 3. The van der Waals surface area contributed by atoms with Crippen LogP contribution in [0.5, 0.6) is 11.5 Å². The van der Waals surface area contributed by atoms with Crippen molar-refractivity contribution >= 4 is 5.69 Å². The molecule has 9 nitrogen and oxygen atoms in total. The Morgan fingerprint density at radius 3 is 2.56 bits per heavy atom. The molecule has 0 atom stereocenters. The third-order valence-electron chi connectivity index (χ3n) is 3.53. The van der Waals surface area contributed by atoms with E-state index < -0.39 is 45.3 Å². The van der Waals surface area contributed by atoms with Gasteiger partial charge in [0.25, 0.3) is 5.89 Å². The van der Waals surface area contributed by atoms with Gasteiger partial charge in [0, 0.05) is 23.5 Å². The Labute approximate surface area is 147 Å². The summed E-state index contributed by atoms with van der Waals surface area (Å²) >= 11 is 0. The largest absolute Gasteiger partial charge is 0.504 e. The smallest absolute Gasteiger partial charge is 0.417 e. The number of halogens is 3. The summed E-state index contributed by atoms with van der Waals surface area (Å²) in [4.78, 5) is 17.5. The van der Waals surface area contributed by atoms with E-state index in [-0.39, 0.29) is 17.1 Å². The maximum atomic E-state index is 13.2. The number of nitro groups is 1. The quantitative estimate of drug-likeness (QED) is 0.399. The minimum Gasteiger partial charge on any atom is -0.504 e. The monoisotopic (exact) mass is 382 g/mol. The number of aromatic hydroxyl groups is 2. The van der Waals surface area contributed by atoms with Crippen molar-refractivity contribution in [1.82, 2.24) is 15.1 Å². The first-order chi connectivity index (χ1) is 12.6. The number of nitrogens with zero attached hydrogens (tertiary/aromatic N) is 4. The molecule has 1 aromatic carbocycles. The van der Waals surface area contributed by atoms with E-state index in [1.807, 2.05) is 0 Å². The highest BCUT2D eigenvalue weighted by molar-refractivity contribution is 5.69. The molecule has 12 heteroatoms. The number of aromatic nitrogens is 3. The fourth-order valence-electron chi connectivity index (χ4n) is 2.29. The Morgan fingerprint density at radius 1 is 1.22 bits per heavy atom. The van der Waals surface area contributed by atoms with E-state index in [4.69, 9.17) is 4.52 Å². The molecule has 0 aliphatic heterocycles. The van der Waals surface area contributed by atoms with E-state index >= 15 is 0 Å². The number of benzene rings is 1. The molecule has 0 radical (unpaired) electrons. The number of nitro benzene ring substituents is 1. The van der Waals surface area contributed by atoms with Gasteiger partial charge in [0.1, 0.15) is 0 Å². The van der Waals surface area contributed by atoms with Crippen molar-refractivity contribution in [2.75, 3.05) is 0 Å². The third kappa shape index (κ3) is 3.36. The van der Waals surface area contributed by atoms with Gasteiger partial charge in [-0.2, -0.15) is 18.2 Å². The predicted octanol–water partition coefficient (Wildman–Crippen LogP) is 3.45. The van der Waals surface area contributed by atoms with Crippen LogP contribution in [-0.2, 0) is 6.18 Å². The minimum atomic E-state index is -4.70. The zero-order valence-electron chi connectivity index (χ0n) is 13.4. The molecule has 2 N–H and O–H groups in total. The lowest BCUT2D eigenvalue weighted by Crippen LogP contribution is -2.08. The van der Waals surface area contributed by atoms with E-state index in [0.717, 1.165) is 24.4 Å². The van der Waals surface area contributed by atoms with Crippen molar-refractivity contribution < 1.29 is 32.8 Å².